The molecule has 0 radical (unpaired) electrons. The summed E-state index contributed by atoms with van der Waals surface area (Å²) in [5, 5.41) is 2.69. The summed E-state index contributed by atoms with van der Waals surface area (Å²) in [6.07, 6.45) is 5.29. The van der Waals surface area contributed by atoms with Gasteiger partial charge in [-0.05, 0) is 94.1 Å². The SMILES string of the molecule is C=C1CCC(N2C(=O)c3cc4c(cc3C2=O)CC2(CCN(C(C)C)CC2)C4)C(=O)N1. The van der Waals surface area contributed by atoms with E-state index in [-0.39, 0.29) is 23.1 Å². The molecule has 1 aliphatic carbocycles. The number of carbonyl (C=O) groups is 3. The molecule has 6 heteroatoms. The molecule has 3 heterocycles. The molecule has 30 heavy (non-hydrogen) atoms. The number of amides is 3. The first-order chi connectivity index (χ1) is 14.3. The van der Waals surface area contributed by atoms with Gasteiger partial charge in [-0.15, -0.1) is 0 Å². The number of carbonyl (C=O) groups excluding carboxylic acids is 3. The number of benzene rings is 1. The number of imide groups is 1. The van der Waals surface area contributed by atoms with Crippen molar-refractivity contribution < 1.29 is 14.4 Å². The summed E-state index contributed by atoms with van der Waals surface area (Å²) < 4.78 is 0. The van der Waals surface area contributed by atoms with Crippen LogP contribution >= 0.6 is 0 Å². The molecule has 6 nitrogen and oxygen atoms in total. The summed E-state index contributed by atoms with van der Waals surface area (Å²) in [6, 6.07) is 3.71. The van der Waals surface area contributed by atoms with Crippen LogP contribution in [0.5, 0.6) is 0 Å². The molecule has 2 fully saturated rings. The number of nitrogens with one attached hydrogen (secondary N) is 1. The highest BCUT2D eigenvalue weighted by molar-refractivity contribution is 6.23. The van der Waals surface area contributed by atoms with E-state index >= 15 is 0 Å². The molecule has 3 aliphatic heterocycles. The van der Waals surface area contributed by atoms with E-state index in [2.05, 4.69) is 30.6 Å². The Kier molecular flexibility index (Phi) is 4.40. The minimum Gasteiger partial charge on any atom is -0.329 e. The average Bonchev–Trinajstić information content (AvgIpc) is 3.15. The van der Waals surface area contributed by atoms with Crippen LogP contribution in [0.2, 0.25) is 0 Å². The van der Waals surface area contributed by atoms with Crippen LogP contribution in [-0.2, 0) is 17.6 Å². The Morgan fingerprint density at radius 2 is 1.60 bits per heavy atom. The van der Waals surface area contributed by atoms with Gasteiger partial charge < -0.3 is 10.2 Å². The van der Waals surface area contributed by atoms with E-state index in [0.717, 1.165) is 38.8 Å². The van der Waals surface area contributed by atoms with Crippen LogP contribution in [0.25, 0.3) is 0 Å². The largest absolute Gasteiger partial charge is 0.329 e. The van der Waals surface area contributed by atoms with Gasteiger partial charge >= 0.3 is 0 Å². The number of allylic oxidation sites excluding steroid dienone is 1. The van der Waals surface area contributed by atoms with Gasteiger partial charge in [-0.3, -0.25) is 19.3 Å². The third kappa shape index (κ3) is 2.92. The van der Waals surface area contributed by atoms with Gasteiger partial charge in [0.25, 0.3) is 11.8 Å². The standard InChI is InChI=1S/C24H29N3O3/c1-14(2)26-8-6-24(7-9-26)12-16-10-18-19(11-17(16)13-24)23(30)27(22(18)29)20-5-4-15(3)25-21(20)28/h10-11,14,20H,3-9,12-13H2,1-2H3,(H,25,28). The molecular weight excluding hydrogens is 378 g/mol. The maximum Gasteiger partial charge on any atom is 0.262 e. The van der Waals surface area contributed by atoms with Crippen LogP contribution in [-0.4, -0.2) is 52.7 Å². The highest BCUT2D eigenvalue weighted by Gasteiger charge is 2.46. The Balaban J connectivity index is 1.39. The lowest BCUT2D eigenvalue weighted by Gasteiger charge is -2.41. The first kappa shape index (κ1) is 19.5. The summed E-state index contributed by atoms with van der Waals surface area (Å²) in [6.45, 7) is 10.5. The Hall–Kier alpha value is -2.47. The van der Waals surface area contributed by atoms with Gasteiger partial charge in [-0.1, -0.05) is 6.58 Å². The predicted molar refractivity (Wildman–Crippen MR) is 113 cm³/mol. The topological polar surface area (TPSA) is 69.7 Å². The average molecular weight is 408 g/mol. The minimum atomic E-state index is -0.746. The molecule has 0 saturated carbocycles. The number of rotatable bonds is 2. The number of nitrogens with zero attached hydrogens (tertiary/aromatic N) is 2. The molecule has 1 unspecified atom stereocenters. The molecule has 1 N–H and O–H groups in total. The van der Waals surface area contributed by atoms with E-state index in [4.69, 9.17) is 0 Å². The van der Waals surface area contributed by atoms with Gasteiger partial charge in [-0.2, -0.15) is 0 Å². The van der Waals surface area contributed by atoms with Crippen molar-refractivity contribution in [2.45, 2.75) is 64.5 Å². The van der Waals surface area contributed by atoms with Crippen LogP contribution in [0.4, 0.5) is 0 Å². The van der Waals surface area contributed by atoms with Crippen LogP contribution in [0.3, 0.4) is 0 Å². The lowest BCUT2D eigenvalue weighted by atomic mass is 9.75. The maximum atomic E-state index is 13.1. The molecule has 1 aromatic carbocycles. The van der Waals surface area contributed by atoms with Crippen molar-refractivity contribution >= 4 is 17.7 Å². The highest BCUT2D eigenvalue weighted by Crippen LogP contribution is 2.46. The van der Waals surface area contributed by atoms with Crippen LogP contribution < -0.4 is 5.32 Å². The number of likely N-dealkylation sites (tertiary alicyclic amines) is 1. The number of hydrogen-bond acceptors (Lipinski definition) is 4. The quantitative estimate of drug-likeness (QED) is 0.766. The lowest BCUT2D eigenvalue weighted by molar-refractivity contribution is -0.125. The number of fused-ring (bicyclic) bond motifs is 2. The maximum absolute atomic E-state index is 13.1. The summed E-state index contributed by atoms with van der Waals surface area (Å²) in [7, 11) is 0. The fraction of sp³-hybridized carbons (Fsp3) is 0.542. The van der Waals surface area contributed by atoms with Crippen molar-refractivity contribution in [2.24, 2.45) is 5.41 Å². The monoisotopic (exact) mass is 407 g/mol. The fourth-order valence-corrected chi connectivity index (χ4v) is 5.75. The van der Waals surface area contributed by atoms with E-state index in [9.17, 15) is 14.4 Å². The zero-order chi connectivity index (χ0) is 21.2. The Labute approximate surface area is 177 Å². The molecule has 1 atom stereocenters. The number of piperidine rings is 2. The summed E-state index contributed by atoms with van der Waals surface area (Å²) in [5.74, 6) is -0.980. The first-order valence-electron chi connectivity index (χ1n) is 11.0. The van der Waals surface area contributed by atoms with E-state index in [1.165, 1.54) is 16.0 Å². The van der Waals surface area contributed by atoms with Crippen LogP contribution in [0, 0.1) is 5.41 Å². The van der Waals surface area contributed by atoms with Crippen LogP contribution in [0.1, 0.15) is 71.4 Å². The molecule has 1 spiro atoms. The zero-order valence-corrected chi connectivity index (χ0v) is 17.8. The normalized spacial score (nSPS) is 25.8. The van der Waals surface area contributed by atoms with E-state index in [0.29, 0.717) is 35.7 Å². The van der Waals surface area contributed by atoms with Gasteiger partial charge in [0, 0.05) is 11.7 Å². The van der Waals surface area contributed by atoms with Gasteiger partial charge in [0.2, 0.25) is 5.91 Å². The van der Waals surface area contributed by atoms with Gasteiger partial charge in [-0.25, -0.2) is 0 Å². The Morgan fingerprint density at radius 3 is 2.10 bits per heavy atom. The molecule has 4 aliphatic rings. The zero-order valence-electron chi connectivity index (χ0n) is 17.8. The summed E-state index contributed by atoms with van der Waals surface area (Å²) in [4.78, 5) is 42.3. The smallest absolute Gasteiger partial charge is 0.262 e. The molecule has 0 bridgehead atoms. The second kappa shape index (κ2) is 6.77. The molecule has 5 rings (SSSR count). The highest BCUT2D eigenvalue weighted by atomic mass is 16.2. The van der Waals surface area contributed by atoms with Crippen molar-refractivity contribution in [3.05, 3.63) is 46.7 Å². The van der Waals surface area contributed by atoms with Crippen molar-refractivity contribution in [1.29, 1.82) is 0 Å². The third-order valence-corrected chi connectivity index (χ3v) is 7.59. The second-order valence-electron chi connectivity index (χ2n) is 9.78. The molecule has 0 aromatic heterocycles. The van der Waals surface area contributed by atoms with E-state index in [1.807, 2.05) is 12.1 Å². The summed E-state index contributed by atoms with van der Waals surface area (Å²) in [5.41, 5.74) is 4.24. The van der Waals surface area contributed by atoms with Gasteiger partial charge in [0.15, 0.2) is 0 Å². The molecule has 158 valence electrons. The Morgan fingerprint density at radius 1 is 1.03 bits per heavy atom. The lowest BCUT2D eigenvalue weighted by Crippen LogP contribution is -2.51. The first-order valence-corrected chi connectivity index (χ1v) is 11.0. The van der Waals surface area contributed by atoms with Gasteiger partial charge in [0.1, 0.15) is 6.04 Å². The minimum absolute atomic E-state index is 0.262. The molecule has 1 aromatic rings. The van der Waals surface area contributed by atoms with Crippen molar-refractivity contribution in [3.63, 3.8) is 0 Å². The fourth-order valence-electron chi connectivity index (χ4n) is 5.75. The molecular formula is C24H29N3O3. The van der Waals surface area contributed by atoms with Crippen LogP contribution in [0.15, 0.2) is 24.4 Å². The Bertz CT molecular complexity index is 925. The van der Waals surface area contributed by atoms with Crippen molar-refractivity contribution in [2.75, 3.05) is 13.1 Å². The number of hydrogen-bond donors (Lipinski definition) is 1. The third-order valence-electron chi connectivity index (χ3n) is 7.59. The van der Waals surface area contributed by atoms with E-state index in [1.54, 1.807) is 0 Å². The van der Waals surface area contributed by atoms with E-state index < -0.39 is 6.04 Å². The van der Waals surface area contributed by atoms with Gasteiger partial charge in [0.05, 0.1) is 11.1 Å². The summed E-state index contributed by atoms with van der Waals surface area (Å²) >= 11 is 0. The predicted octanol–water partition coefficient (Wildman–Crippen LogP) is 2.66. The molecule has 3 amide bonds. The molecule has 2 saturated heterocycles. The van der Waals surface area contributed by atoms with Crippen molar-refractivity contribution in [3.8, 4) is 0 Å². The second-order valence-corrected chi connectivity index (χ2v) is 9.78. The van der Waals surface area contributed by atoms with Crippen molar-refractivity contribution in [1.82, 2.24) is 15.1 Å².